The van der Waals surface area contributed by atoms with Gasteiger partial charge in [0.15, 0.2) is 18.7 Å². The zero-order valence-electron chi connectivity index (χ0n) is 21.1. The summed E-state index contributed by atoms with van der Waals surface area (Å²) in [6, 6.07) is -1.61. The summed E-state index contributed by atoms with van der Waals surface area (Å²) in [6.07, 6.45) is -11.7. The monoisotopic (exact) mass is 537 g/mol. The molecule has 0 aromatic carbocycles. The molecule has 10 atom stereocenters. The molecule has 15 nitrogen and oxygen atoms in total. The number of carbonyl (C=O) groups is 3. The van der Waals surface area contributed by atoms with E-state index in [1.807, 2.05) is 6.92 Å². The second-order valence-corrected chi connectivity index (χ2v) is 9.02. The SMILES string of the molecule is CCCCNC(=O)NCCCO[C@@H]1OC(C(=O)O)[C@@H](O)[C@H](O)C1O[C@@H]1OC(C)[C@@H](O)[C@H](O)C1NC(C)=O. The van der Waals surface area contributed by atoms with Gasteiger partial charge in [-0.25, -0.2) is 9.59 Å². The maximum absolute atomic E-state index is 11.7. The molecule has 2 saturated heterocycles. The van der Waals surface area contributed by atoms with Crippen LogP contribution in [0, 0.1) is 0 Å². The fraction of sp³-hybridized carbons (Fsp3) is 0.864. The van der Waals surface area contributed by atoms with E-state index in [0.717, 1.165) is 12.8 Å². The van der Waals surface area contributed by atoms with Crippen molar-refractivity contribution in [1.29, 1.82) is 0 Å². The van der Waals surface area contributed by atoms with E-state index < -0.39 is 73.2 Å². The highest BCUT2D eigenvalue weighted by atomic mass is 16.7. The highest BCUT2D eigenvalue weighted by molar-refractivity contribution is 5.74. The third kappa shape index (κ3) is 8.71. The highest BCUT2D eigenvalue weighted by Gasteiger charge is 2.52. The number of rotatable bonds is 12. The topological polar surface area (TPSA) is 225 Å². The summed E-state index contributed by atoms with van der Waals surface area (Å²) in [7, 11) is 0. The Balaban J connectivity index is 2.07. The molecule has 0 aliphatic carbocycles. The summed E-state index contributed by atoms with van der Waals surface area (Å²) in [4.78, 5) is 34.9. The molecule has 0 aromatic heterocycles. The standard InChI is InChI=1S/C22H39N3O12/c1-4-5-7-23-22(33)24-8-6-9-34-21-18(16(30)15(29)17(36-21)19(31)32)37-20-12(25-11(3)26)14(28)13(27)10(2)35-20/h10,12-18,20-21,27-30H,4-9H2,1-3H3,(H,25,26)(H,31,32)(H2,23,24,33)/t10?,12?,13-,14-,15+,16+,17?,18?,20+,21-/m1/s1. The van der Waals surface area contributed by atoms with Crippen molar-refractivity contribution in [3.05, 3.63) is 0 Å². The van der Waals surface area contributed by atoms with Gasteiger partial charge in [-0.15, -0.1) is 0 Å². The molecule has 15 heteroatoms. The Labute approximate surface area is 214 Å². The zero-order valence-corrected chi connectivity index (χ0v) is 21.1. The molecule has 0 bridgehead atoms. The van der Waals surface area contributed by atoms with E-state index in [0.29, 0.717) is 13.0 Å². The minimum atomic E-state index is -1.90. The normalized spacial score (nSPS) is 36.0. The van der Waals surface area contributed by atoms with Crippen molar-refractivity contribution in [3.63, 3.8) is 0 Å². The number of nitrogens with one attached hydrogen (secondary N) is 3. The van der Waals surface area contributed by atoms with Crippen molar-refractivity contribution in [2.75, 3.05) is 19.7 Å². The number of ether oxygens (including phenoxy) is 4. The summed E-state index contributed by atoms with van der Waals surface area (Å²) in [6.45, 7) is 5.35. The minimum Gasteiger partial charge on any atom is -0.479 e. The predicted molar refractivity (Wildman–Crippen MR) is 124 cm³/mol. The van der Waals surface area contributed by atoms with Gasteiger partial charge in [-0.2, -0.15) is 0 Å². The Hall–Kier alpha value is -2.11. The average Bonchev–Trinajstić information content (AvgIpc) is 2.83. The molecule has 2 aliphatic rings. The first-order chi connectivity index (χ1) is 17.5. The van der Waals surface area contributed by atoms with E-state index in [2.05, 4.69) is 16.0 Å². The van der Waals surface area contributed by atoms with Crippen molar-refractivity contribution in [2.24, 2.45) is 0 Å². The van der Waals surface area contributed by atoms with Gasteiger partial charge in [0.05, 0.1) is 12.7 Å². The van der Waals surface area contributed by atoms with Crippen molar-refractivity contribution >= 4 is 17.9 Å². The molecule has 0 aromatic rings. The molecule has 2 heterocycles. The lowest BCUT2D eigenvalue weighted by Crippen LogP contribution is -2.67. The second kappa shape index (κ2) is 14.7. The molecule has 37 heavy (non-hydrogen) atoms. The van der Waals surface area contributed by atoms with E-state index in [1.165, 1.54) is 13.8 Å². The van der Waals surface area contributed by atoms with E-state index in [-0.39, 0.29) is 19.2 Å². The minimum absolute atomic E-state index is 0.0483. The van der Waals surface area contributed by atoms with Crippen LogP contribution >= 0.6 is 0 Å². The number of unbranched alkanes of at least 4 members (excludes halogenated alkanes) is 1. The molecule has 2 fully saturated rings. The largest absolute Gasteiger partial charge is 0.479 e. The van der Waals surface area contributed by atoms with E-state index in [9.17, 15) is 39.9 Å². The number of carbonyl (C=O) groups excluding carboxylic acids is 2. The molecule has 2 rings (SSSR count). The number of aliphatic hydroxyl groups is 4. The van der Waals surface area contributed by atoms with Crippen LogP contribution < -0.4 is 16.0 Å². The first-order valence-corrected chi connectivity index (χ1v) is 12.3. The summed E-state index contributed by atoms with van der Waals surface area (Å²) < 4.78 is 22.3. The molecule has 0 saturated carbocycles. The van der Waals surface area contributed by atoms with Crippen LogP contribution in [0.5, 0.6) is 0 Å². The van der Waals surface area contributed by atoms with Crippen molar-refractivity contribution < 1.29 is 58.9 Å². The van der Waals surface area contributed by atoms with Crippen molar-refractivity contribution in [3.8, 4) is 0 Å². The lowest BCUT2D eigenvalue weighted by atomic mass is 9.96. The number of urea groups is 1. The van der Waals surface area contributed by atoms with Crippen LogP contribution in [0.2, 0.25) is 0 Å². The van der Waals surface area contributed by atoms with E-state index >= 15 is 0 Å². The number of aliphatic carboxylic acids is 1. The molecule has 2 aliphatic heterocycles. The van der Waals surface area contributed by atoms with Crippen molar-refractivity contribution in [1.82, 2.24) is 16.0 Å². The van der Waals surface area contributed by atoms with Crippen LogP contribution in [-0.2, 0) is 28.5 Å². The zero-order chi connectivity index (χ0) is 27.7. The number of amides is 3. The Morgan fingerprint density at radius 1 is 0.892 bits per heavy atom. The molecule has 214 valence electrons. The number of hydrogen-bond donors (Lipinski definition) is 8. The fourth-order valence-electron chi connectivity index (χ4n) is 3.92. The Bertz CT molecular complexity index is 758. The Morgan fingerprint density at radius 2 is 1.54 bits per heavy atom. The molecular weight excluding hydrogens is 498 g/mol. The number of carboxylic acids is 1. The molecular formula is C22H39N3O12. The number of carboxylic acid groups (broad SMARTS) is 1. The smallest absolute Gasteiger partial charge is 0.335 e. The molecule has 3 amide bonds. The first-order valence-electron chi connectivity index (χ1n) is 12.3. The van der Waals surface area contributed by atoms with Gasteiger partial charge in [-0.1, -0.05) is 13.3 Å². The summed E-state index contributed by atoms with van der Waals surface area (Å²) in [5.41, 5.74) is 0. The van der Waals surface area contributed by atoms with Crippen LogP contribution in [0.4, 0.5) is 4.79 Å². The quantitative estimate of drug-likeness (QED) is 0.120. The van der Waals surface area contributed by atoms with Crippen LogP contribution in [0.15, 0.2) is 0 Å². The maximum atomic E-state index is 11.7. The number of hydrogen-bond acceptors (Lipinski definition) is 11. The number of aliphatic hydroxyl groups excluding tert-OH is 4. The first kappa shape index (κ1) is 31.1. The predicted octanol–water partition coefficient (Wildman–Crippen LogP) is -2.62. The molecule has 8 N–H and O–H groups in total. The van der Waals surface area contributed by atoms with Crippen LogP contribution in [0.3, 0.4) is 0 Å². The molecule has 4 unspecified atom stereocenters. The lowest BCUT2D eigenvalue weighted by Gasteiger charge is -2.46. The van der Waals surface area contributed by atoms with E-state index in [1.54, 1.807) is 0 Å². The van der Waals surface area contributed by atoms with Crippen LogP contribution in [0.25, 0.3) is 0 Å². The van der Waals surface area contributed by atoms with Crippen LogP contribution in [0.1, 0.15) is 40.0 Å². The van der Waals surface area contributed by atoms with Gasteiger partial charge in [-0.3, -0.25) is 4.79 Å². The van der Waals surface area contributed by atoms with Crippen LogP contribution in [-0.4, -0.2) is 124 Å². The summed E-state index contributed by atoms with van der Waals surface area (Å²) in [5.74, 6) is -2.10. The summed E-state index contributed by atoms with van der Waals surface area (Å²) in [5, 5.41) is 58.7. The Morgan fingerprint density at radius 3 is 2.14 bits per heavy atom. The molecule has 0 spiro atoms. The Kier molecular flexibility index (Phi) is 12.4. The highest BCUT2D eigenvalue weighted by Crippen LogP contribution is 2.30. The second-order valence-electron chi connectivity index (χ2n) is 9.02. The maximum Gasteiger partial charge on any atom is 0.335 e. The van der Waals surface area contributed by atoms with Gasteiger partial charge in [0.25, 0.3) is 0 Å². The van der Waals surface area contributed by atoms with Gasteiger partial charge in [0, 0.05) is 20.0 Å². The third-order valence-electron chi connectivity index (χ3n) is 6.00. The van der Waals surface area contributed by atoms with Gasteiger partial charge in [0.1, 0.15) is 36.6 Å². The van der Waals surface area contributed by atoms with Gasteiger partial charge in [-0.05, 0) is 19.8 Å². The molecule has 0 radical (unpaired) electrons. The lowest BCUT2D eigenvalue weighted by molar-refractivity contribution is -0.348. The van der Waals surface area contributed by atoms with Gasteiger partial charge < -0.3 is 60.4 Å². The van der Waals surface area contributed by atoms with Crippen molar-refractivity contribution in [2.45, 2.75) is 101 Å². The van der Waals surface area contributed by atoms with E-state index in [4.69, 9.17) is 18.9 Å². The van der Waals surface area contributed by atoms with Gasteiger partial charge in [0.2, 0.25) is 5.91 Å². The van der Waals surface area contributed by atoms with Gasteiger partial charge >= 0.3 is 12.0 Å². The fourth-order valence-corrected chi connectivity index (χ4v) is 3.92. The summed E-state index contributed by atoms with van der Waals surface area (Å²) >= 11 is 0. The average molecular weight is 538 g/mol. The third-order valence-corrected chi connectivity index (χ3v) is 6.00.